The molecule has 10 heteroatoms. The first-order valence-electron chi connectivity index (χ1n) is 11.6. The van der Waals surface area contributed by atoms with Crippen LogP contribution in [0.25, 0.3) is 0 Å². The molecule has 10 nitrogen and oxygen atoms in total. The Hall–Kier alpha value is -2.65. The van der Waals surface area contributed by atoms with E-state index in [2.05, 4.69) is 5.32 Å². The molecular weight excluding hydrogens is 416 g/mol. The van der Waals surface area contributed by atoms with Crippen LogP contribution in [0.3, 0.4) is 0 Å². The van der Waals surface area contributed by atoms with Crippen LogP contribution >= 0.6 is 0 Å². The number of cyclic esters (lactones) is 1. The van der Waals surface area contributed by atoms with Gasteiger partial charge in [0.25, 0.3) is 0 Å². The molecule has 32 heavy (non-hydrogen) atoms. The Bertz CT molecular complexity index is 772. The molecule has 0 saturated carbocycles. The van der Waals surface area contributed by atoms with E-state index in [1.165, 1.54) is 14.7 Å². The molecule has 1 N–H and O–H groups in total. The van der Waals surface area contributed by atoms with E-state index >= 15 is 0 Å². The van der Waals surface area contributed by atoms with E-state index in [0.717, 1.165) is 0 Å². The molecule has 0 bridgehead atoms. The molecule has 3 heterocycles. The third-order valence-electron chi connectivity index (χ3n) is 6.64. The number of likely N-dealkylation sites (N-methyl/N-ethyl adjacent to an activating group) is 1. The fourth-order valence-corrected chi connectivity index (χ4v) is 4.86. The second kappa shape index (κ2) is 10.3. The van der Waals surface area contributed by atoms with Crippen LogP contribution in [0.1, 0.15) is 58.8 Å². The summed E-state index contributed by atoms with van der Waals surface area (Å²) in [5, 5.41) is 2.74. The van der Waals surface area contributed by atoms with Crippen LogP contribution in [0.2, 0.25) is 0 Å². The van der Waals surface area contributed by atoms with Gasteiger partial charge in [-0.1, -0.05) is 13.3 Å². The first kappa shape index (κ1) is 24.0. The number of hydrogen-bond donors (Lipinski definition) is 1. The van der Waals surface area contributed by atoms with E-state index in [1.807, 2.05) is 6.92 Å². The summed E-state index contributed by atoms with van der Waals surface area (Å²) in [4.78, 5) is 69.0. The summed E-state index contributed by atoms with van der Waals surface area (Å²) in [5.74, 6) is -1.84. The second-order valence-corrected chi connectivity index (χ2v) is 8.84. The van der Waals surface area contributed by atoms with Crippen LogP contribution in [0.4, 0.5) is 0 Å². The number of amides is 4. The summed E-state index contributed by atoms with van der Waals surface area (Å²) >= 11 is 0. The van der Waals surface area contributed by atoms with Gasteiger partial charge in [0.05, 0.1) is 6.42 Å². The van der Waals surface area contributed by atoms with Crippen LogP contribution in [0.5, 0.6) is 0 Å². The highest BCUT2D eigenvalue weighted by Gasteiger charge is 2.41. The van der Waals surface area contributed by atoms with Gasteiger partial charge in [0.1, 0.15) is 30.8 Å². The van der Waals surface area contributed by atoms with Crippen molar-refractivity contribution in [1.82, 2.24) is 20.0 Å². The Balaban J connectivity index is 1.88. The highest BCUT2D eigenvalue weighted by Crippen LogP contribution is 2.23. The summed E-state index contributed by atoms with van der Waals surface area (Å²) in [6, 6.07) is -2.92. The Morgan fingerprint density at radius 2 is 1.62 bits per heavy atom. The molecule has 178 valence electrons. The van der Waals surface area contributed by atoms with Gasteiger partial charge < -0.3 is 24.8 Å². The van der Waals surface area contributed by atoms with Gasteiger partial charge in [-0.15, -0.1) is 0 Å². The molecular formula is C22H34N4O6. The van der Waals surface area contributed by atoms with Crippen molar-refractivity contribution in [1.29, 1.82) is 0 Å². The van der Waals surface area contributed by atoms with Crippen molar-refractivity contribution in [3.8, 4) is 0 Å². The largest absolute Gasteiger partial charge is 0.464 e. The van der Waals surface area contributed by atoms with Crippen molar-refractivity contribution in [2.75, 3.05) is 26.7 Å². The number of nitrogens with one attached hydrogen (secondary N) is 1. The van der Waals surface area contributed by atoms with Crippen molar-refractivity contribution in [3.05, 3.63) is 0 Å². The zero-order chi connectivity index (χ0) is 23.4. The molecule has 3 aliphatic heterocycles. The number of fused-ring (bicyclic) bond motifs is 2. The molecule has 4 unspecified atom stereocenters. The van der Waals surface area contributed by atoms with Gasteiger partial charge in [-0.05, 0) is 39.0 Å². The highest BCUT2D eigenvalue weighted by atomic mass is 16.5. The van der Waals surface area contributed by atoms with E-state index in [1.54, 1.807) is 14.0 Å². The van der Waals surface area contributed by atoms with Crippen molar-refractivity contribution in [2.24, 2.45) is 0 Å². The molecule has 4 atom stereocenters. The molecule has 4 amide bonds. The molecule has 0 aliphatic carbocycles. The molecule has 3 fully saturated rings. The Kier molecular flexibility index (Phi) is 7.73. The molecule has 0 spiro atoms. The minimum atomic E-state index is -0.837. The summed E-state index contributed by atoms with van der Waals surface area (Å²) in [6.45, 7) is 4.29. The molecule has 0 aromatic heterocycles. The first-order valence-corrected chi connectivity index (χ1v) is 11.6. The smallest absolute Gasteiger partial charge is 0.328 e. The van der Waals surface area contributed by atoms with Gasteiger partial charge in [0.2, 0.25) is 23.6 Å². The van der Waals surface area contributed by atoms with Gasteiger partial charge in [-0.3, -0.25) is 19.2 Å². The normalized spacial score (nSPS) is 30.8. The number of ether oxygens (including phenoxy) is 1. The number of hydrogen-bond acceptors (Lipinski definition) is 6. The van der Waals surface area contributed by atoms with Crippen molar-refractivity contribution in [3.63, 3.8) is 0 Å². The predicted molar refractivity (Wildman–Crippen MR) is 114 cm³/mol. The lowest BCUT2D eigenvalue weighted by Crippen LogP contribution is -2.57. The molecule has 3 rings (SSSR count). The summed E-state index contributed by atoms with van der Waals surface area (Å²) in [7, 11) is 1.58. The van der Waals surface area contributed by atoms with Crippen molar-refractivity contribution in [2.45, 2.75) is 83.0 Å². The lowest BCUT2D eigenvalue weighted by Gasteiger charge is -2.34. The zero-order valence-electron chi connectivity index (χ0n) is 19.2. The first-order chi connectivity index (χ1) is 15.3. The van der Waals surface area contributed by atoms with E-state index in [0.29, 0.717) is 51.6 Å². The monoisotopic (exact) mass is 450 g/mol. The molecule has 3 aliphatic rings. The number of carbonyl (C=O) groups excluding carboxylic acids is 5. The number of carbonyl (C=O) groups is 5. The molecule has 0 radical (unpaired) electrons. The minimum Gasteiger partial charge on any atom is -0.464 e. The Morgan fingerprint density at radius 1 is 0.969 bits per heavy atom. The number of nitrogens with zero attached hydrogens (tertiary/aromatic N) is 3. The maximum Gasteiger partial charge on any atom is 0.328 e. The van der Waals surface area contributed by atoms with Crippen LogP contribution in [-0.4, -0.2) is 95.2 Å². The molecule has 3 saturated heterocycles. The van der Waals surface area contributed by atoms with Gasteiger partial charge in [0.15, 0.2) is 0 Å². The maximum atomic E-state index is 13.2. The van der Waals surface area contributed by atoms with E-state index in [4.69, 9.17) is 4.74 Å². The summed E-state index contributed by atoms with van der Waals surface area (Å²) < 4.78 is 5.31. The van der Waals surface area contributed by atoms with E-state index < -0.39 is 36.0 Å². The second-order valence-electron chi connectivity index (χ2n) is 8.84. The van der Waals surface area contributed by atoms with Gasteiger partial charge in [0, 0.05) is 20.1 Å². The van der Waals surface area contributed by atoms with Gasteiger partial charge >= 0.3 is 5.97 Å². The van der Waals surface area contributed by atoms with Gasteiger partial charge in [-0.2, -0.15) is 0 Å². The zero-order valence-corrected chi connectivity index (χ0v) is 19.2. The number of esters is 1. The maximum absolute atomic E-state index is 13.2. The van der Waals surface area contributed by atoms with Gasteiger partial charge in [-0.25, -0.2) is 4.79 Å². The average Bonchev–Trinajstić information content (AvgIpc) is 3.44. The fourth-order valence-electron chi connectivity index (χ4n) is 4.86. The minimum absolute atomic E-state index is 0.0187. The van der Waals surface area contributed by atoms with Crippen LogP contribution in [-0.2, 0) is 28.7 Å². The van der Waals surface area contributed by atoms with E-state index in [9.17, 15) is 24.0 Å². The molecule has 0 aromatic rings. The summed E-state index contributed by atoms with van der Waals surface area (Å²) in [6.07, 6.45) is 3.47. The molecule has 0 aromatic carbocycles. The van der Waals surface area contributed by atoms with Crippen molar-refractivity contribution >= 4 is 29.6 Å². The standard InChI is InChI=1S/C22H34N4O6/c1-4-7-15-19(28)23-14(2)20(29)26-12-6-9-17(26)22(31)32-13-10-18(27)25-11-5-8-16(25)21(30)24(15)3/h14-17H,4-13H2,1-3H3,(H,23,28). The van der Waals surface area contributed by atoms with Crippen LogP contribution in [0, 0.1) is 0 Å². The van der Waals surface area contributed by atoms with Crippen molar-refractivity contribution < 1.29 is 28.7 Å². The Morgan fingerprint density at radius 3 is 2.31 bits per heavy atom. The topological polar surface area (TPSA) is 116 Å². The van der Waals surface area contributed by atoms with Crippen LogP contribution in [0.15, 0.2) is 0 Å². The third kappa shape index (κ3) is 4.88. The lowest BCUT2D eigenvalue weighted by atomic mass is 10.1. The predicted octanol–water partition coefficient (Wildman–Crippen LogP) is 0.0471. The fraction of sp³-hybridized carbons (Fsp3) is 0.773. The van der Waals surface area contributed by atoms with E-state index in [-0.39, 0.29) is 30.7 Å². The summed E-state index contributed by atoms with van der Waals surface area (Å²) in [5.41, 5.74) is 0. The quantitative estimate of drug-likeness (QED) is 0.594. The van der Waals surface area contributed by atoms with Crippen LogP contribution < -0.4 is 5.32 Å². The SMILES string of the molecule is CCCC1C(=O)NC(C)C(=O)N2CCCC2C(=O)OCCC(=O)N2CCCC2C(=O)N1C. The number of rotatable bonds is 2. The highest BCUT2D eigenvalue weighted by molar-refractivity contribution is 5.95. The Labute approximate surface area is 188 Å². The lowest BCUT2D eigenvalue weighted by molar-refractivity contribution is -0.156. The third-order valence-corrected chi connectivity index (χ3v) is 6.64. The average molecular weight is 451 g/mol.